The third-order valence-electron chi connectivity index (χ3n) is 2.35. The highest BCUT2D eigenvalue weighted by atomic mass is 16.5. The molecule has 0 saturated carbocycles. The number of hydrogen-bond acceptors (Lipinski definition) is 6. The van der Waals surface area contributed by atoms with Crippen LogP contribution in [0.3, 0.4) is 0 Å². The summed E-state index contributed by atoms with van der Waals surface area (Å²) in [6, 6.07) is 6.08. The van der Waals surface area contributed by atoms with E-state index < -0.39 is 23.8 Å². The molecule has 0 aliphatic heterocycles. The van der Waals surface area contributed by atoms with Gasteiger partial charge in [-0.3, -0.25) is 9.59 Å². The van der Waals surface area contributed by atoms with Crippen LogP contribution in [0.25, 0.3) is 0 Å². The van der Waals surface area contributed by atoms with E-state index in [-0.39, 0.29) is 24.6 Å². The maximum Gasteiger partial charge on any atom is 0.397 e. The Labute approximate surface area is 126 Å². The molecular weight excluding hydrogens is 292 g/mol. The number of benzene rings is 1. The highest BCUT2D eigenvalue weighted by Gasteiger charge is 2.19. The first-order valence-electron chi connectivity index (χ1n) is 6.54. The molecule has 1 aromatic carbocycles. The molecule has 0 fully saturated rings. The summed E-state index contributed by atoms with van der Waals surface area (Å²) in [6.45, 7) is 3.26. The van der Waals surface area contributed by atoms with Gasteiger partial charge in [-0.05, 0) is 26.0 Å². The Morgan fingerprint density at radius 3 is 1.50 bits per heavy atom. The lowest BCUT2D eigenvalue weighted by Crippen LogP contribution is -2.28. The molecule has 0 aromatic heterocycles. The number of anilines is 2. The van der Waals surface area contributed by atoms with E-state index in [1.165, 1.54) is 12.1 Å². The van der Waals surface area contributed by atoms with Gasteiger partial charge in [-0.25, -0.2) is 9.59 Å². The molecule has 0 atom stereocenters. The number of esters is 2. The number of carbonyl (C=O) groups is 4. The van der Waals surface area contributed by atoms with Crippen LogP contribution in [-0.2, 0) is 28.7 Å². The Morgan fingerprint density at radius 2 is 1.18 bits per heavy atom. The zero-order valence-corrected chi connectivity index (χ0v) is 12.2. The average Bonchev–Trinajstić information content (AvgIpc) is 2.49. The van der Waals surface area contributed by atoms with E-state index in [2.05, 4.69) is 20.1 Å². The van der Waals surface area contributed by atoms with Crippen molar-refractivity contribution in [2.24, 2.45) is 0 Å². The minimum Gasteiger partial charge on any atom is -0.459 e. The van der Waals surface area contributed by atoms with Gasteiger partial charge in [-0.15, -0.1) is 0 Å². The van der Waals surface area contributed by atoms with Crippen LogP contribution in [0.15, 0.2) is 24.3 Å². The molecule has 2 amide bonds. The van der Waals surface area contributed by atoms with Gasteiger partial charge in [0.2, 0.25) is 0 Å². The average molecular weight is 308 g/mol. The zero-order chi connectivity index (χ0) is 16.5. The quantitative estimate of drug-likeness (QED) is 0.625. The zero-order valence-electron chi connectivity index (χ0n) is 12.2. The molecule has 0 bridgehead atoms. The van der Waals surface area contributed by atoms with Crippen molar-refractivity contribution in [1.29, 1.82) is 0 Å². The lowest BCUT2D eigenvalue weighted by molar-refractivity contribution is -0.152. The van der Waals surface area contributed by atoms with Gasteiger partial charge in [0.25, 0.3) is 0 Å². The smallest absolute Gasteiger partial charge is 0.397 e. The fourth-order valence-corrected chi connectivity index (χ4v) is 1.44. The standard InChI is InChI=1S/C14H16N2O6/c1-3-21-13(19)11(17)15-9-7-5-6-8-10(9)16-12(18)14(20)22-4-2/h5-8H,3-4H2,1-2H3,(H,15,17)(H,16,18). The lowest BCUT2D eigenvalue weighted by Gasteiger charge is -2.11. The Kier molecular flexibility index (Phi) is 6.55. The summed E-state index contributed by atoms with van der Waals surface area (Å²) in [5.74, 6) is -4.07. The Balaban J connectivity index is 2.82. The number of hydrogen-bond donors (Lipinski definition) is 2. The van der Waals surface area contributed by atoms with Crippen molar-refractivity contribution >= 4 is 35.1 Å². The SMILES string of the molecule is CCOC(=O)C(=O)Nc1ccccc1NC(=O)C(=O)OCC. The molecule has 0 aliphatic rings. The van der Waals surface area contributed by atoms with Crippen LogP contribution in [0, 0.1) is 0 Å². The van der Waals surface area contributed by atoms with Crippen LogP contribution < -0.4 is 10.6 Å². The number of ether oxygens (including phenoxy) is 2. The molecule has 0 saturated heterocycles. The van der Waals surface area contributed by atoms with E-state index in [1.807, 2.05) is 0 Å². The second-order valence-corrected chi connectivity index (χ2v) is 3.89. The van der Waals surface area contributed by atoms with E-state index in [0.29, 0.717) is 0 Å². The topological polar surface area (TPSA) is 111 Å². The van der Waals surface area contributed by atoms with Crippen LogP contribution >= 0.6 is 0 Å². The minimum atomic E-state index is -1.05. The Bertz CT molecular complexity index is 533. The second-order valence-electron chi connectivity index (χ2n) is 3.89. The van der Waals surface area contributed by atoms with Crippen LogP contribution in [0.5, 0.6) is 0 Å². The van der Waals surface area contributed by atoms with Gasteiger partial charge in [0, 0.05) is 0 Å². The normalized spacial score (nSPS) is 9.55. The van der Waals surface area contributed by atoms with Crippen molar-refractivity contribution in [3.05, 3.63) is 24.3 Å². The molecule has 8 heteroatoms. The van der Waals surface area contributed by atoms with E-state index >= 15 is 0 Å². The van der Waals surface area contributed by atoms with E-state index in [0.717, 1.165) is 0 Å². The number of carbonyl (C=O) groups excluding carboxylic acids is 4. The van der Waals surface area contributed by atoms with Crippen LogP contribution in [0.2, 0.25) is 0 Å². The predicted octanol–water partition coefficient (Wildman–Crippen LogP) is 0.690. The molecular formula is C14H16N2O6. The highest BCUT2D eigenvalue weighted by molar-refractivity contribution is 6.39. The lowest BCUT2D eigenvalue weighted by atomic mass is 10.2. The summed E-state index contributed by atoms with van der Waals surface area (Å²) in [4.78, 5) is 45.7. The molecule has 0 aliphatic carbocycles. The summed E-state index contributed by atoms with van der Waals surface area (Å²) in [7, 11) is 0. The van der Waals surface area contributed by atoms with Crippen LogP contribution in [0.4, 0.5) is 11.4 Å². The van der Waals surface area contributed by atoms with Crippen molar-refractivity contribution in [2.75, 3.05) is 23.8 Å². The molecule has 0 spiro atoms. The number of nitrogens with one attached hydrogen (secondary N) is 2. The fourth-order valence-electron chi connectivity index (χ4n) is 1.44. The molecule has 0 unspecified atom stereocenters. The van der Waals surface area contributed by atoms with Gasteiger partial charge in [0.15, 0.2) is 0 Å². The molecule has 22 heavy (non-hydrogen) atoms. The van der Waals surface area contributed by atoms with Gasteiger partial charge in [-0.2, -0.15) is 0 Å². The third-order valence-corrected chi connectivity index (χ3v) is 2.35. The Hall–Kier alpha value is -2.90. The number of amides is 2. The molecule has 1 rings (SSSR count). The molecule has 0 radical (unpaired) electrons. The van der Waals surface area contributed by atoms with Crippen LogP contribution in [-0.4, -0.2) is 37.0 Å². The van der Waals surface area contributed by atoms with E-state index in [9.17, 15) is 19.2 Å². The maximum absolute atomic E-state index is 11.6. The monoisotopic (exact) mass is 308 g/mol. The summed E-state index contributed by atoms with van der Waals surface area (Å²) >= 11 is 0. The first-order chi connectivity index (χ1) is 10.5. The first-order valence-corrected chi connectivity index (χ1v) is 6.54. The predicted molar refractivity (Wildman–Crippen MR) is 77.0 cm³/mol. The van der Waals surface area contributed by atoms with Crippen molar-refractivity contribution in [3.8, 4) is 0 Å². The fraction of sp³-hybridized carbons (Fsp3) is 0.286. The third kappa shape index (κ3) is 4.89. The maximum atomic E-state index is 11.6. The number of rotatable bonds is 4. The van der Waals surface area contributed by atoms with Gasteiger partial charge in [0.05, 0.1) is 24.6 Å². The molecule has 1 aromatic rings. The van der Waals surface area contributed by atoms with Crippen molar-refractivity contribution in [3.63, 3.8) is 0 Å². The summed E-state index contributed by atoms with van der Waals surface area (Å²) in [5.41, 5.74) is 0.302. The summed E-state index contributed by atoms with van der Waals surface area (Å²) in [5, 5.41) is 4.58. The summed E-state index contributed by atoms with van der Waals surface area (Å²) in [6.07, 6.45) is 0. The van der Waals surface area contributed by atoms with Crippen molar-refractivity contribution in [2.45, 2.75) is 13.8 Å². The van der Waals surface area contributed by atoms with Crippen molar-refractivity contribution in [1.82, 2.24) is 0 Å². The van der Waals surface area contributed by atoms with Crippen LogP contribution in [0.1, 0.15) is 13.8 Å². The van der Waals surface area contributed by atoms with E-state index in [1.54, 1.807) is 26.0 Å². The Morgan fingerprint density at radius 1 is 0.818 bits per heavy atom. The number of para-hydroxylation sites is 2. The summed E-state index contributed by atoms with van der Waals surface area (Å²) < 4.78 is 9.11. The second kappa shape index (κ2) is 8.40. The molecule has 0 heterocycles. The van der Waals surface area contributed by atoms with Gasteiger partial charge >= 0.3 is 23.8 Å². The van der Waals surface area contributed by atoms with Crippen molar-refractivity contribution < 1.29 is 28.7 Å². The van der Waals surface area contributed by atoms with Gasteiger partial charge in [-0.1, -0.05) is 12.1 Å². The van der Waals surface area contributed by atoms with Gasteiger partial charge in [0.1, 0.15) is 0 Å². The molecule has 8 nitrogen and oxygen atoms in total. The minimum absolute atomic E-state index is 0.0630. The highest BCUT2D eigenvalue weighted by Crippen LogP contribution is 2.21. The largest absolute Gasteiger partial charge is 0.459 e. The van der Waals surface area contributed by atoms with E-state index in [4.69, 9.17) is 0 Å². The van der Waals surface area contributed by atoms with Gasteiger partial charge < -0.3 is 20.1 Å². The molecule has 118 valence electrons. The molecule has 2 N–H and O–H groups in total. The first kappa shape index (κ1) is 17.2.